The zero-order valence-electron chi connectivity index (χ0n) is 18.6. The Balaban J connectivity index is 1.63. The van der Waals surface area contributed by atoms with Crippen molar-refractivity contribution in [3.05, 3.63) is 70.7 Å². The van der Waals surface area contributed by atoms with Gasteiger partial charge in [-0.3, -0.25) is 18.9 Å². The molecule has 1 aliphatic heterocycles. The van der Waals surface area contributed by atoms with E-state index in [1.807, 2.05) is 12.1 Å². The molecule has 0 saturated heterocycles. The molecule has 0 radical (unpaired) electrons. The van der Waals surface area contributed by atoms with Crippen molar-refractivity contribution in [3.63, 3.8) is 0 Å². The van der Waals surface area contributed by atoms with Crippen LogP contribution in [0, 0.1) is 0 Å². The van der Waals surface area contributed by atoms with Gasteiger partial charge in [-0.1, -0.05) is 12.1 Å². The maximum Gasteiger partial charge on any atom is 0.349 e. The van der Waals surface area contributed by atoms with Gasteiger partial charge in [0.25, 0.3) is 10.0 Å². The van der Waals surface area contributed by atoms with Gasteiger partial charge in [0.1, 0.15) is 15.8 Å². The number of sulfonamides is 1. The van der Waals surface area contributed by atoms with E-state index in [0.29, 0.717) is 13.0 Å². The molecule has 1 aliphatic rings. The fourth-order valence-corrected chi connectivity index (χ4v) is 6.67. The number of hydrogen-bond acceptors (Lipinski definition) is 8. The Morgan fingerprint density at radius 1 is 1.17 bits per heavy atom. The smallest absolute Gasteiger partial charge is 0.349 e. The maximum atomic E-state index is 13.8. The Labute approximate surface area is 206 Å². The normalized spacial score (nSPS) is 15.2. The number of para-hydroxylation sites is 2. The number of benzene rings is 1. The number of pyridine rings is 1. The van der Waals surface area contributed by atoms with Crippen molar-refractivity contribution in [2.75, 3.05) is 23.3 Å². The first-order valence-electron chi connectivity index (χ1n) is 10.6. The van der Waals surface area contributed by atoms with Gasteiger partial charge in [-0.2, -0.15) is 0 Å². The number of nitrogens with one attached hydrogen (secondary N) is 2. The fourth-order valence-electron chi connectivity index (χ4n) is 3.73. The summed E-state index contributed by atoms with van der Waals surface area (Å²) in [6, 6.07) is 9.95. The van der Waals surface area contributed by atoms with E-state index >= 15 is 0 Å². The average molecular weight is 515 g/mol. The molecule has 2 amide bonds. The van der Waals surface area contributed by atoms with Gasteiger partial charge in [0.15, 0.2) is 0 Å². The third-order valence-corrected chi connectivity index (χ3v) is 8.27. The molecule has 0 fully saturated rings. The molecule has 1 atom stereocenters. The zero-order chi connectivity index (χ0) is 25.0. The number of carbonyl (C=O) groups is 3. The summed E-state index contributed by atoms with van der Waals surface area (Å²) in [5.41, 5.74) is 1.45. The standard InChI is InChI=1S/C23H22N4O6S2/c1-33-23(30)21-19(9-13-34-21)35(31,32)27-17-5-3-2-4-16(17)26-22(29)18(27)14-20(28)25-12-8-15-6-10-24-11-7-15/h2-7,9-11,13,18H,8,12,14H2,1H3,(H,25,28)(H,26,29)/t18-/m1/s1. The number of rotatable bonds is 8. The summed E-state index contributed by atoms with van der Waals surface area (Å²) in [6.45, 7) is 0.303. The molecule has 0 aliphatic carbocycles. The van der Waals surface area contributed by atoms with E-state index in [9.17, 15) is 22.8 Å². The SMILES string of the molecule is COC(=O)c1sccc1S(=O)(=O)N1c2ccccc2NC(=O)[C@H]1CC(=O)NCCc1ccncc1. The number of methoxy groups -OCH3 is 1. The number of hydrogen-bond donors (Lipinski definition) is 2. The van der Waals surface area contributed by atoms with Crippen molar-refractivity contribution in [2.24, 2.45) is 0 Å². The minimum Gasteiger partial charge on any atom is -0.465 e. The third kappa shape index (κ3) is 5.03. The third-order valence-electron chi connectivity index (χ3n) is 5.39. The Bertz CT molecular complexity index is 1360. The second kappa shape index (κ2) is 10.2. The number of anilines is 2. The highest BCUT2D eigenvalue weighted by molar-refractivity contribution is 7.93. The van der Waals surface area contributed by atoms with Gasteiger partial charge < -0.3 is 15.4 Å². The quantitative estimate of drug-likeness (QED) is 0.440. The van der Waals surface area contributed by atoms with Crippen LogP contribution >= 0.6 is 11.3 Å². The summed E-state index contributed by atoms with van der Waals surface area (Å²) in [6.07, 6.45) is 3.44. The predicted octanol–water partition coefficient (Wildman–Crippen LogP) is 2.19. The first kappa shape index (κ1) is 24.4. The number of carbonyl (C=O) groups excluding carboxylic acids is 3. The van der Waals surface area contributed by atoms with E-state index in [1.54, 1.807) is 30.6 Å². The lowest BCUT2D eigenvalue weighted by Gasteiger charge is -2.36. The van der Waals surface area contributed by atoms with Crippen LogP contribution in [0.5, 0.6) is 0 Å². The number of fused-ring (bicyclic) bond motifs is 1. The van der Waals surface area contributed by atoms with Crippen LogP contribution in [0.3, 0.4) is 0 Å². The van der Waals surface area contributed by atoms with E-state index in [2.05, 4.69) is 15.6 Å². The van der Waals surface area contributed by atoms with Gasteiger partial charge in [0, 0.05) is 18.9 Å². The van der Waals surface area contributed by atoms with Gasteiger partial charge in [0.2, 0.25) is 11.8 Å². The molecule has 10 nitrogen and oxygen atoms in total. The molecule has 0 spiro atoms. The molecule has 1 aromatic carbocycles. The van der Waals surface area contributed by atoms with Gasteiger partial charge in [0.05, 0.1) is 24.9 Å². The second-order valence-corrected chi connectivity index (χ2v) is 10.3. The lowest BCUT2D eigenvalue weighted by Crippen LogP contribution is -2.53. The summed E-state index contributed by atoms with van der Waals surface area (Å²) in [7, 11) is -3.26. The van der Waals surface area contributed by atoms with Crippen LogP contribution in [-0.2, 0) is 30.8 Å². The summed E-state index contributed by atoms with van der Waals surface area (Å²) >= 11 is 0.915. The maximum absolute atomic E-state index is 13.8. The van der Waals surface area contributed by atoms with E-state index in [-0.39, 0.29) is 21.1 Å². The Kier molecular flexibility index (Phi) is 7.12. The second-order valence-electron chi connectivity index (χ2n) is 7.59. The minimum atomic E-state index is -4.41. The molecule has 0 bridgehead atoms. The fraction of sp³-hybridized carbons (Fsp3) is 0.217. The summed E-state index contributed by atoms with van der Waals surface area (Å²) in [5.74, 6) is -1.94. The van der Waals surface area contributed by atoms with Gasteiger partial charge >= 0.3 is 5.97 Å². The number of nitrogens with zero attached hydrogens (tertiary/aromatic N) is 2. The molecule has 2 aromatic heterocycles. The number of thiophene rings is 1. The number of ether oxygens (including phenoxy) is 1. The van der Waals surface area contributed by atoms with Crippen molar-refractivity contribution in [1.29, 1.82) is 0 Å². The minimum absolute atomic E-state index is 0.114. The lowest BCUT2D eigenvalue weighted by atomic mass is 10.1. The van der Waals surface area contributed by atoms with Crippen LogP contribution < -0.4 is 14.9 Å². The highest BCUT2D eigenvalue weighted by Gasteiger charge is 2.43. The summed E-state index contributed by atoms with van der Waals surface area (Å²) < 4.78 is 33.2. The van der Waals surface area contributed by atoms with E-state index in [0.717, 1.165) is 28.3 Å². The molecule has 182 valence electrons. The van der Waals surface area contributed by atoms with Crippen LogP contribution in [0.2, 0.25) is 0 Å². The highest BCUT2D eigenvalue weighted by Crippen LogP contribution is 2.38. The number of esters is 1. The molecule has 3 heterocycles. The summed E-state index contributed by atoms with van der Waals surface area (Å²) in [5, 5.41) is 6.86. The zero-order valence-corrected chi connectivity index (χ0v) is 20.3. The molecule has 12 heteroatoms. The van der Waals surface area contributed by atoms with Crippen LogP contribution in [0.25, 0.3) is 0 Å². The molecule has 3 aromatic rings. The molecule has 35 heavy (non-hydrogen) atoms. The van der Waals surface area contributed by atoms with E-state index < -0.39 is 40.3 Å². The van der Waals surface area contributed by atoms with Crippen molar-refractivity contribution in [3.8, 4) is 0 Å². The molecule has 0 saturated carbocycles. The Morgan fingerprint density at radius 3 is 2.66 bits per heavy atom. The molecule has 2 N–H and O–H groups in total. The lowest BCUT2D eigenvalue weighted by molar-refractivity contribution is -0.125. The Hall–Kier alpha value is -3.77. The van der Waals surface area contributed by atoms with Crippen LogP contribution in [-0.4, -0.2) is 50.9 Å². The van der Waals surface area contributed by atoms with Crippen molar-refractivity contribution in [2.45, 2.75) is 23.8 Å². The van der Waals surface area contributed by atoms with Crippen molar-refractivity contribution >= 4 is 50.5 Å². The van der Waals surface area contributed by atoms with Crippen LogP contribution in [0.15, 0.2) is 65.1 Å². The van der Waals surface area contributed by atoms with E-state index in [1.165, 1.54) is 17.5 Å². The van der Waals surface area contributed by atoms with Crippen LogP contribution in [0.1, 0.15) is 21.7 Å². The molecular formula is C23H22N4O6S2. The summed E-state index contributed by atoms with van der Waals surface area (Å²) in [4.78, 5) is 41.5. The van der Waals surface area contributed by atoms with Crippen molar-refractivity contribution in [1.82, 2.24) is 10.3 Å². The monoisotopic (exact) mass is 514 g/mol. The first-order chi connectivity index (χ1) is 16.8. The topological polar surface area (TPSA) is 135 Å². The number of aromatic nitrogens is 1. The predicted molar refractivity (Wildman–Crippen MR) is 130 cm³/mol. The molecule has 4 rings (SSSR count). The average Bonchev–Trinajstić information content (AvgIpc) is 3.35. The number of amides is 2. The molecule has 0 unspecified atom stereocenters. The highest BCUT2D eigenvalue weighted by atomic mass is 32.2. The van der Waals surface area contributed by atoms with E-state index in [4.69, 9.17) is 4.74 Å². The van der Waals surface area contributed by atoms with Gasteiger partial charge in [-0.25, -0.2) is 13.2 Å². The Morgan fingerprint density at radius 2 is 1.91 bits per heavy atom. The largest absolute Gasteiger partial charge is 0.465 e. The van der Waals surface area contributed by atoms with Gasteiger partial charge in [-0.05, 0) is 47.7 Å². The molecular weight excluding hydrogens is 492 g/mol. The van der Waals surface area contributed by atoms with Crippen LogP contribution in [0.4, 0.5) is 11.4 Å². The van der Waals surface area contributed by atoms with Crippen molar-refractivity contribution < 1.29 is 27.5 Å². The first-order valence-corrected chi connectivity index (χ1v) is 12.9. The van der Waals surface area contributed by atoms with Gasteiger partial charge in [-0.15, -0.1) is 11.3 Å².